The Morgan fingerprint density at radius 1 is 1.00 bits per heavy atom. The molecule has 0 fully saturated rings. The topological polar surface area (TPSA) is 75.3 Å². The minimum Gasteiger partial charge on any atom is -0.346 e. The van der Waals surface area contributed by atoms with Gasteiger partial charge in [0.2, 0.25) is 0 Å². The molecule has 0 aliphatic rings. The molecule has 168 valence electrons. The van der Waals surface area contributed by atoms with Crippen LogP contribution in [0.4, 0.5) is 5.69 Å². The van der Waals surface area contributed by atoms with Crippen LogP contribution in [0, 0.1) is 13.8 Å². The van der Waals surface area contributed by atoms with Gasteiger partial charge in [-0.2, -0.15) is 0 Å². The van der Waals surface area contributed by atoms with E-state index in [9.17, 15) is 13.2 Å². The summed E-state index contributed by atoms with van der Waals surface area (Å²) >= 11 is 6.20. The van der Waals surface area contributed by atoms with Gasteiger partial charge in [-0.05, 0) is 68.1 Å². The first-order chi connectivity index (χ1) is 15.1. The summed E-state index contributed by atoms with van der Waals surface area (Å²) in [5, 5.41) is 2.96. The third-order valence-corrected chi connectivity index (χ3v) is 7.19. The number of nitrogens with one attached hydrogen (secondary N) is 2. The molecule has 3 aromatic rings. The second-order valence-corrected chi connectivity index (χ2v) is 9.92. The third-order valence-electron chi connectivity index (χ3n) is 5.34. The number of sulfonamides is 1. The zero-order chi connectivity index (χ0) is 23.5. The molecule has 3 aromatic carbocycles. The molecule has 3 rings (SSSR count). The molecule has 2 N–H and O–H groups in total. The van der Waals surface area contributed by atoms with Crippen LogP contribution >= 0.6 is 11.6 Å². The van der Waals surface area contributed by atoms with Crippen molar-refractivity contribution >= 4 is 33.2 Å². The lowest BCUT2D eigenvalue weighted by Crippen LogP contribution is -2.27. The zero-order valence-electron chi connectivity index (χ0n) is 18.6. The second-order valence-electron chi connectivity index (χ2n) is 7.86. The minimum atomic E-state index is -3.99. The number of hydrogen-bond acceptors (Lipinski definition) is 3. The predicted octanol–water partition coefficient (Wildman–Crippen LogP) is 5.81. The number of anilines is 1. The number of aryl methyl sites for hydroxylation is 3. The summed E-state index contributed by atoms with van der Waals surface area (Å²) in [6.07, 6.45) is 0.944. The lowest BCUT2D eigenvalue weighted by atomic mass is 10.0. The average Bonchev–Trinajstić information content (AvgIpc) is 2.75. The standard InChI is InChI=1S/C25H27ClN2O3S/c1-5-19-7-9-20(10-8-19)18(4)27-25(29)21-11-12-22(26)24(15-21)32(30,31)28-23-13-6-16(2)14-17(23)3/h6-15,18,28H,5H2,1-4H3,(H,27,29). The number of carbonyl (C=O) groups is 1. The van der Waals surface area contributed by atoms with E-state index >= 15 is 0 Å². The molecule has 32 heavy (non-hydrogen) atoms. The largest absolute Gasteiger partial charge is 0.346 e. The van der Waals surface area contributed by atoms with E-state index in [0.717, 1.165) is 23.1 Å². The molecule has 0 spiro atoms. The highest BCUT2D eigenvalue weighted by Crippen LogP contribution is 2.27. The maximum absolute atomic E-state index is 13.0. The van der Waals surface area contributed by atoms with Crippen molar-refractivity contribution < 1.29 is 13.2 Å². The molecule has 0 bridgehead atoms. The highest BCUT2D eigenvalue weighted by molar-refractivity contribution is 7.92. The van der Waals surface area contributed by atoms with Gasteiger partial charge in [0.05, 0.1) is 16.8 Å². The van der Waals surface area contributed by atoms with E-state index in [4.69, 9.17) is 11.6 Å². The predicted molar refractivity (Wildman–Crippen MR) is 130 cm³/mol. The van der Waals surface area contributed by atoms with E-state index in [1.807, 2.05) is 57.2 Å². The summed E-state index contributed by atoms with van der Waals surface area (Å²) in [7, 11) is -3.99. The van der Waals surface area contributed by atoms with Crippen LogP contribution in [0.15, 0.2) is 65.6 Å². The van der Waals surface area contributed by atoms with Gasteiger partial charge in [-0.15, -0.1) is 0 Å². The number of hydrogen-bond donors (Lipinski definition) is 2. The van der Waals surface area contributed by atoms with Crippen molar-refractivity contribution in [3.63, 3.8) is 0 Å². The van der Waals surface area contributed by atoms with Crippen LogP contribution in [0.5, 0.6) is 0 Å². The molecule has 0 aliphatic heterocycles. The molecular weight excluding hydrogens is 444 g/mol. The van der Waals surface area contributed by atoms with Gasteiger partial charge in [0.1, 0.15) is 4.90 Å². The zero-order valence-corrected chi connectivity index (χ0v) is 20.1. The summed E-state index contributed by atoms with van der Waals surface area (Å²) in [5.41, 5.74) is 4.69. The number of amides is 1. The van der Waals surface area contributed by atoms with Gasteiger partial charge in [0.25, 0.3) is 15.9 Å². The fourth-order valence-electron chi connectivity index (χ4n) is 3.38. The van der Waals surface area contributed by atoms with Gasteiger partial charge in [0, 0.05) is 5.56 Å². The maximum atomic E-state index is 13.0. The molecule has 1 atom stereocenters. The Hall–Kier alpha value is -2.83. The fourth-order valence-corrected chi connectivity index (χ4v) is 5.04. The normalized spacial score (nSPS) is 12.3. The second kappa shape index (κ2) is 9.76. The van der Waals surface area contributed by atoms with E-state index in [1.165, 1.54) is 23.8 Å². The Morgan fingerprint density at radius 2 is 1.69 bits per heavy atom. The monoisotopic (exact) mass is 470 g/mol. The molecule has 5 nitrogen and oxygen atoms in total. The Morgan fingerprint density at radius 3 is 2.31 bits per heavy atom. The molecule has 0 saturated heterocycles. The summed E-state index contributed by atoms with van der Waals surface area (Å²) in [6.45, 7) is 7.73. The molecular formula is C25H27ClN2O3S. The van der Waals surface area contributed by atoms with Crippen molar-refractivity contribution in [1.82, 2.24) is 5.32 Å². The smallest absolute Gasteiger partial charge is 0.263 e. The van der Waals surface area contributed by atoms with Gasteiger partial charge < -0.3 is 5.32 Å². The number of halogens is 1. The number of rotatable bonds is 7. The van der Waals surface area contributed by atoms with Gasteiger partial charge in [-0.3, -0.25) is 9.52 Å². The first-order valence-electron chi connectivity index (χ1n) is 10.4. The molecule has 0 heterocycles. The van der Waals surface area contributed by atoms with Crippen molar-refractivity contribution in [3.8, 4) is 0 Å². The minimum absolute atomic E-state index is 0.0435. The van der Waals surface area contributed by atoms with Crippen LogP contribution < -0.4 is 10.0 Å². The number of benzene rings is 3. The first-order valence-corrected chi connectivity index (χ1v) is 12.3. The van der Waals surface area contributed by atoms with E-state index in [1.54, 1.807) is 6.07 Å². The van der Waals surface area contributed by atoms with Crippen LogP contribution in [0.3, 0.4) is 0 Å². The van der Waals surface area contributed by atoms with E-state index in [-0.39, 0.29) is 27.4 Å². The van der Waals surface area contributed by atoms with Crippen LogP contribution in [-0.4, -0.2) is 14.3 Å². The van der Waals surface area contributed by atoms with Crippen LogP contribution in [-0.2, 0) is 16.4 Å². The average molecular weight is 471 g/mol. The lowest BCUT2D eigenvalue weighted by molar-refractivity contribution is 0.0939. The molecule has 0 aromatic heterocycles. The number of carbonyl (C=O) groups excluding carboxylic acids is 1. The van der Waals surface area contributed by atoms with E-state index in [2.05, 4.69) is 17.0 Å². The molecule has 0 saturated carbocycles. The van der Waals surface area contributed by atoms with Crippen molar-refractivity contribution in [3.05, 3.63) is 93.5 Å². The van der Waals surface area contributed by atoms with Gasteiger partial charge >= 0.3 is 0 Å². The summed E-state index contributed by atoms with van der Waals surface area (Å²) in [6, 6.07) is 17.4. The van der Waals surface area contributed by atoms with Crippen molar-refractivity contribution in [2.75, 3.05) is 4.72 Å². The molecule has 7 heteroatoms. The van der Waals surface area contributed by atoms with Crippen molar-refractivity contribution in [1.29, 1.82) is 0 Å². The summed E-state index contributed by atoms with van der Waals surface area (Å²) < 4.78 is 28.6. The van der Waals surface area contributed by atoms with Crippen LogP contribution in [0.2, 0.25) is 5.02 Å². The van der Waals surface area contributed by atoms with Gasteiger partial charge in [-0.25, -0.2) is 8.42 Å². The highest BCUT2D eigenvalue weighted by atomic mass is 35.5. The van der Waals surface area contributed by atoms with Crippen molar-refractivity contribution in [2.45, 2.75) is 45.1 Å². The Bertz CT molecular complexity index is 1240. The quantitative estimate of drug-likeness (QED) is 0.457. The van der Waals surface area contributed by atoms with Crippen LogP contribution in [0.25, 0.3) is 0 Å². The molecule has 0 aliphatic carbocycles. The van der Waals surface area contributed by atoms with Gasteiger partial charge in [-0.1, -0.05) is 60.5 Å². The third kappa shape index (κ3) is 5.50. The Balaban J connectivity index is 1.82. The Labute approximate surface area is 194 Å². The highest BCUT2D eigenvalue weighted by Gasteiger charge is 2.22. The molecule has 1 unspecified atom stereocenters. The Kier molecular flexibility index (Phi) is 7.26. The summed E-state index contributed by atoms with van der Waals surface area (Å²) in [5.74, 6) is -0.378. The van der Waals surface area contributed by atoms with Crippen molar-refractivity contribution in [2.24, 2.45) is 0 Å². The SMILES string of the molecule is CCc1ccc(C(C)NC(=O)c2ccc(Cl)c(S(=O)(=O)Nc3ccc(C)cc3C)c2)cc1. The maximum Gasteiger partial charge on any atom is 0.263 e. The summed E-state index contributed by atoms with van der Waals surface area (Å²) in [4.78, 5) is 12.7. The van der Waals surface area contributed by atoms with E-state index in [0.29, 0.717) is 5.69 Å². The van der Waals surface area contributed by atoms with Gasteiger partial charge in [0.15, 0.2) is 0 Å². The van der Waals surface area contributed by atoms with E-state index < -0.39 is 10.0 Å². The molecule has 1 amide bonds. The lowest BCUT2D eigenvalue weighted by Gasteiger charge is -2.16. The fraction of sp³-hybridized carbons (Fsp3) is 0.240. The molecule has 0 radical (unpaired) electrons. The first kappa shape index (κ1) is 23.8. The van der Waals surface area contributed by atoms with Crippen LogP contribution in [0.1, 0.15) is 52.5 Å².